The molecule has 0 atom stereocenters. The van der Waals surface area contributed by atoms with Gasteiger partial charge >= 0.3 is 5.69 Å². The van der Waals surface area contributed by atoms with Gasteiger partial charge in [-0.25, -0.2) is 4.79 Å². The van der Waals surface area contributed by atoms with Crippen molar-refractivity contribution in [1.29, 1.82) is 0 Å². The molecule has 4 aromatic rings. The predicted octanol–water partition coefficient (Wildman–Crippen LogP) is 3.20. The van der Waals surface area contributed by atoms with Crippen LogP contribution in [0, 0.1) is 0 Å². The molecule has 0 radical (unpaired) electrons. The molecule has 36 heavy (non-hydrogen) atoms. The SMILES string of the molecule is CCn1c(=O)c(C(=O)CN2CCC(c3cc4ccccc4[nH]3)CC2)c(N)n(Cc2ccccc2)c1=O. The fourth-order valence-corrected chi connectivity index (χ4v) is 5.17. The van der Waals surface area contributed by atoms with E-state index in [1.54, 1.807) is 6.92 Å². The Kier molecular flexibility index (Phi) is 6.61. The zero-order valence-electron chi connectivity index (χ0n) is 20.4. The van der Waals surface area contributed by atoms with Crippen molar-refractivity contribution in [2.75, 3.05) is 25.4 Å². The van der Waals surface area contributed by atoms with E-state index in [2.05, 4.69) is 28.1 Å². The summed E-state index contributed by atoms with van der Waals surface area (Å²) in [6.07, 6.45) is 1.84. The number of para-hydroxylation sites is 1. The molecule has 2 aromatic carbocycles. The zero-order chi connectivity index (χ0) is 25.2. The number of carbonyl (C=O) groups is 1. The van der Waals surface area contributed by atoms with Crippen molar-refractivity contribution in [1.82, 2.24) is 19.0 Å². The van der Waals surface area contributed by atoms with Crippen LogP contribution in [0.5, 0.6) is 0 Å². The molecule has 1 aliphatic heterocycles. The van der Waals surface area contributed by atoms with Crippen molar-refractivity contribution in [3.05, 3.63) is 98.3 Å². The lowest BCUT2D eigenvalue weighted by molar-refractivity contribution is 0.0907. The van der Waals surface area contributed by atoms with Gasteiger partial charge in [0.25, 0.3) is 5.56 Å². The summed E-state index contributed by atoms with van der Waals surface area (Å²) in [4.78, 5) is 45.0. The maximum atomic E-state index is 13.4. The van der Waals surface area contributed by atoms with Crippen LogP contribution in [-0.2, 0) is 13.1 Å². The second-order valence-electron chi connectivity index (χ2n) is 9.45. The maximum absolute atomic E-state index is 13.4. The Hall–Kier alpha value is -3.91. The van der Waals surface area contributed by atoms with Gasteiger partial charge in [-0.3, -0.25) is 23.6 Å². The number of aromatic amines is 1. The molecule has 186 valence electrons. The molecule has 0 aliphatic carbocycles. The Morgan fingerprint density at radius 3 is 2.39 bits per heavy atom. The minimum absolute atomic E-state index is 0.0588. The third-order valence-electron chi connectivity index (χ3n) is 7.19. The summed E-state index contributed by atoms with van der Waals surface area (Å²) in [5.41, 5.74) is 8.33. The molecule has 1 aliphatic rings. The average Bonchev–Trinajstić information content (AvgIpc) is 3.32. The standard InChI is InChI=1S/C28H31N5O3/c1-2-32-27(35)25(26(29)33(28(32)36)17-19-8-4-3-5-9-19)24(34)18-31-14-12-20(13-15-31)23-16-21-10-6-7-11-22(21)30-23/h3-11,16,20,30H,2,12-15,17-18,29H2,1H3. The number of nitrogen functional groups attached to an aromatic ring is 1. The summed E-state index contributed by atoms with van der Waals surface area (Å²) in [7, 11) is 0. The van der Waals surface area contributed by atoms with Gasteiger partial charge in [0.2, 0.25) is 0 Å². The molecule has 0 unspecified atom stereocenters. The van der Waals surface area contributed by atoms with E-state index in [4.69, 9.17) is 5.73 Å². The zero-order valence-corrected chi connectivity index (χ0v) is 20.4. The van der Waals surface area contributed by atoms with E-state index in [0.29, 0.717) is 5.92 Å². The van der Waals surface area contributed by atoms with Crippen molar-refractivity contribution < 1.29 is 4.79 Å². The first-order valence-corrected chi connectivity index (χ1v) is 12.5. The number of benzene rings is 2. The lowest BCUT2D eigenvalue weighted by atomic mass is 9.93. The quantitative estimate of drug-likeness (QED) is 0.391. The lowest BCUT2D eigenvalue weighted by Gasteiger charge is -2.31. The highest BCUT2D eigenvalue weighted by Gasteiger charge is 2.27. The number of Topliss-reactive ketones (excluding diaryl/α,β-unsaturated/α-hetero) is 1. The first-order valence-electron chi connectivity index (χ1n) is 12.5. The number of nitrogens with two attached hydrogens (primary N) is 1. The third kappa shape index (κ3) is 4.52. The Bertz CT molecular complexity index is 1470. The van der Waals surface area contributed by atoms with E-state index in [9.17, 15) is 14.4 Å². The van der Waals surface area contributed by atoms with Gasteiger partial charge in [-0.2, -0.15) is 0 Å². The number of hydrogen-bond donors (Lipinski definition) is 2. The number of aromatic nitrogens is 3. The molecule has 8 nitrogen and oxygen atoms in total. The maximum Gasteiger partial charge on any atom is 0.332 e. The molecule has 0 spiro atoms. The van der Waals surface area contributed by atoms with Crippen molar-refractivity contribution >= 4 is 22.5 Å². The minimum Gasteiger partial charge on any atom is -0.384 e. The largest absolute Gasteiger partial charge is 0.384 e. The second-order valence-corrected chi connectivity index (χ2v) is 9.45. The molecular formula is C28H31N5O3. The Balaban J connectivity index is 1.34. The van der Waals surface area contributed by atoms with Gasteiger partial charge in [-0.05, 0) is 55.9 Å². The third-order valence-corrected chi connectivity index (χ3v) is 7.19. The number of carbonyl (C=O) groups excluding carboxylic acids is 1. The molecule has 8 heteroatoms. The molecule has 1 fully saturated rings. The number of nitrogens with zero attached hydrogens (tertiary/aromatic N) is 3. The summed E-state index contributed by atoms with van der Waals surface area (Å²) in [5.74, 6) is 0.000932. The highest BCUT2D eigenvalue weighted by Crippen LogP contribution is 2.30. The normalized spacial score (nSPS) is 14.9. The smallest absolute Gasteiger partial charge is 0.332 e. The molecule has 0 bridgehead atoms. The summed E-state index contributed by atoms with van der Waals surface area (Å²) in [6.45, 7) is 3.68. The van der Waals surface area contributed by atoms with Gasteiger partial charge in [0, 0.05) is 23.7 Å². The van der Waals surface area contributed by atoms with Crippen molar-refractivity contribution in [2.45, 2.75) is 38.8 Å². The van der Waals surface area contributed by atoms with Crippen LogP contribution >= 0.6 is 0 Å². The number of hydrogen-bond acceptors (Lipinski definition) is 5. The van der Waals surface area contributed by atoms with Crippen LogP contribution in [0.3, 0.4) is 0 Å². The molecule has 3 N–H and O–H groups in total. The van der Waals surface area contributed by atoms with Gasteiger partial charge in [0.1, 0.15) is 11.4 Å². The molecular weight excluding hydrogens is 454 g/mol. The van der Waals surface area contributed by atoms with Crippen molar-refractivity contribution in [3.63, 3.8) is 0 Å². The fourth-order valence-electron chi connectivity index (χ4n) is 5.17. The molecule has 3 heterocycles. The van der Waals surface area contributed by atoms with E-state index >= 15 is 0 Å². The Morgan fingerprint density at radius 2 is 1.69 bits per heavy atom. The number of H-pyrrole nitrogens is 1. The van der Waals surface area contributed by atoms with Gasteiger partial charge in [0.15, 0.2) is 5.78 Å². The monoisotopic (exact) mass is 485 g/mol. The first kappa shape index (κ1) is 23.8. The van der Waals surface area contributed by atoms with Gasteiger partial charge in [0.05, 0.1) is 13.1 Å². The Morgan fingerprint density at radius 1 is 1.00 bits per heavy atom. The van der Waals surface area contributed by atoms with E-state index in [1.165, 1.54) is 15.6 Å². The fraction of sp³-hybridized carbons (Fsp3) is 0.321. The molecule has 0 saturated carbocycles. The van der Waals surface area contributed by atoms with Crippen LogP contribution in [0.25, 0.3) is 10.9 Å². The van der Waals surface area contributed by atoms with E-state index in [1.807, 2.05) is 42.5 Å². The van der Waals surface area contributed by atoms with Crippen LogP contribution in [-0.4, -0.2) is 44.4 Å². The summed E-state index contributed by atoms with van der Waals surface area (Å²) in [6, 6.07) is 19.9. The average molecular weight is 486 g/mol. The number of likely N-dealkylation sites (tertiary alicyclic amines) is 1. The van der Waals surface area contributed by atoms with Gasteiger partial charge in [-0.15, -0.1) is 0 Å². The molecule has 5 rings (SSSR count). The summed E-state index contributed by atoms with van der Waals surface area (Å²) < 4.78 is 2.42. The topological polar surface area (TPSA) is 106 Å². The highest BCUT2D eigenvalue weighted by atomic mass is 16.2. The number of fused-ring (bicyclic) bond motifs is 1. The number of nitrogens with one attached hydrogen (secondary N) is 1. The van der Waals surface area contributed by atoms with E-state index < -0.39 is 11.2 Å². The van der Waals surface area contributed by atoms with Crippen LogP contribution in [0.2, 0.25) is 0 Å². The highest BCUT2D eigenvalue weighted by molar-refractivity contribution is 6.01. The van der Waals surface area contributed by atoms with Crippen molar-refractivity contribution in [3.8, 4) is 0 Å². The summed E-state index contributed by atoms with van der Waals surface area (Å²) in [5, 5.41) is 1.21. The summed E-state index contributed by atoms with van der Waals surface area (Å²) >= 11 is 0. The molecule has 2 aromatic heterocycles. The van der Waals surface area contributed by atoms with Crippen LogP contribution in [0.1, 0.15) is 47.3 Å². The van der Waals surface area contributed by atoms with Gasteiger partial charge < -0.3 is 10.7 Å². The van der Waals surface area contributed by atoms with Crippen LogP contribution in [0.15, 0.2) is 70.3 Å². The van der Waals surface area contributed by atoms with Crippen LogP contribution < -0.4 is 17.0 Å². The number of rotatable bonds is 7. The first-order chi connectivity index (χ1) is 17.5. The second kappa shape index (κ2) is 9.99. The minimum atomic E-state index is -0.609. The van der Waals surface area contributed by atoms with E-state index in [-0.39, 0.29) is 36.8 Å². The Labute approximate surface area is 209 Å². The van der Waals surface area contributed by atoms with Crippen LogP contribution in [0.4, 0.5) is 5.82 Å². The van der Waals surface area contributed by atoms with Gasteiger partial charge in [-0.1, -0.05) is 48.5 Å². The number of piperidine rings is 1. The van der Waals surface area contributed by atoms with E-state index in [0.717, 1.165) is 41.6 Å². The van der Waals surface area contributed by atoms with Crippen molar-refractivity contribution in [2.24, 2.45) is 0 Å². The number of ketones is 1. The molecule has 1 saturated heterocycles. The lowest BCUT2D eigenvalue weighted by Crippen LogP contribution is -2.45. The predicted molar refractivity (Wildman–Crippen MR) is 142 cm³/mol. The molecule has 0 amide bonds. The number of anilines is 1.